The van der Waals surface area contributed by atoms with E-state index in [0.29, 0.717) is 4.88 Å². The molecule has 2 heterocycles. The number of nitrogens with one attached hydrogen (secondary N) is 1. The minimum absolute atomic E-state index is 0.0998. The molecule has 0 spiro atoms. The molecule has 118 valence electrons. The zero-order chi connectivity index (χ0) is 16.4. The van der Waals surface area contributed by atoms with Gasteiger partial charge in [-0.1, -0.05) is 24.2 Å². The first-order valence-corrected chi connectivity index (χ1v) is 8.33. The van der Waals surface area contributed by atoms with Crippen LogP contribution in [0.2, 0.25) is 0 Å². The first-order valence-electron chi connectivity index (χ1n) is 7.52. The quantitative estimate of drug-likeness (QED) is 0.747. The molecule has 0 fully saturated rings. The number of rotatable bonds is 4. The number of carbonyl (C=O) groups is 1. The van der Waals surface area contributed by atoms with Gasteiger partial charge in [0.05, 0.1) is 16.1 Å². The Balaban J connectivity index is 1.78. The Morgan fingerprint density at radius 3 is 2.52 bits per heavy atom. The first-order chi connectivity index (χ1) is 11.1. The SMILES string of the molecule is CCc1ccc(NC(=O)c2ccc(-c3c(C)noc3C)s2)cc1. The van der Waals surface area contributed by atoms with E-state index in [-0.39, 0.29) is 5.91 Å². The van der Waals surface area contributed by atoms with Crippen molar-refractivity contribution < 1.29 is 9.32 Å². The molecule has 0 atom stereocenters. The maximum Gasteiger partial charge on any atom is 0.265 e. The van der Waals surface area contributed by atoms with Crippen molar-refractivity contribution in [2.75, 3.05) is 5.32 Å². The molecule has 0 radical (unpaired) electrons. The maximum atomic E-state index is 12.4. The molecule has 0 bridgehead atoms. The van der Waals surface area contributed by atoms with Gasteiger partial charge in [-0.3, -0.25) is 4.79 Å². The highest BCUT2D eigenvalue weighted by atomic mass is 32.1. The summed E-state index contributed by atoms with van der Waals surface area (Å²) in [6.07, 6.45) is 0.986. The molecule has 3 rings (SSSR count). The average molecular weight is 326 g/mol. The van der Waals surface area contributed by atoms with Crippen molar-refractivity contribution in [1.82, 2.24) is 5.16 Å². The third kappa shape index (κ3) is 3.19. The Labute approximate surface area is 139 Å². The molecular formula is C18H18N2O2S. The van der Waals surface area contributed by atoms with Crippen molar-refractivity contribution in [3.8, 4) is 10.4 Å². The van der Waals surface area contributed by atoms with E-state index in [4.69, 9.17) is 4.52 Å². The zero-order valence-corrected chi connectivity index (χ0v) is 14.2. The summed E-state index contributed by atoms with van der Waals surface area (Å²) in [7, 11) is 0. The van der Waals surface area contributed by atoms with Crippen LogP contribution in [-0.2, 0) is 6.42 Å². The molecule has 23 heavy (non-hydrogen) atoms. The number of amides is 1. The number of thiophene rings is 1. The number of aromatic nitrogens is 1. The lowest BCUT2D eigenvalue weighted by Gasteiger charge is -2.04. The first kappa shape index (κ1) is 15.5. The van der Waals surface area contributed by atoms with E-state index in [1.54, 1.807) is 0 Å². The third-order valence-electron chi connectivity index (χ3n) is 3.73. The minimum Gasteiger partial charge on any atom is -0.361 e. The van der Waals surface area contributed by atoms with Gasteiger partial charge in [0.15, 0.2) is 0 Å². The zero-order valence-electron chi connectivity index (χ0n) is 13.3. The summed E-state index contributed by atoms with van der Waals surface area (Å²) in [5.74, 6) is 0.670. The summed E-state index contributed by atoms with van der Waals surface area (Å²) in [5.41, 5.74) is 3.87. The number of hydrogen-bond donors (Lipinski definition) is 1. The second-order valence-electron chi connectivity index (χ2n) is 5.37. The number of aryl methyl sites for hydroxylation is 3. The molecule has 0 saturated heterocycles. The van der Waals surface area contributed by atoms with Gasteiger partial charge in [-0.25, -0.2) is 0 Å². The van der Waals surface area contributed by atoms with Crippen molar-refractivity contribution in [2.45, 2.75) is 27.2 Å². The Morgan fingerprint density at radius 1 is 1.17 bits per heavy atom. The van der Waals surface area contributed by atoms with Crippen LogP contribution < -0.4 is 5.32 Å². The second-order valence-corrected chi connectivity index (χ2v) is 6.45. The van der Waals surface area contributed by atoms with E-state index in [0.717, 1.165) is 34.0 Å². The van der Waals surface area contributed by atoms with Gasteiger partial charge in [-0.15, -0.1) is 11.3 Å². The Bertz CT molecular complexity index is 812. The normalized spacial score (nSPS) is 10.7. The van der Waals surface area contributed by atoms with Gasteiger partial charge in [0, 0.05) is 10.6 Å². The second kappa shape index (κ2) is 6.38. The molecule has 3 aromatic rings. The van der Waals surface area contributed by atoms with Gasteiger partial charge in [-0.05, 0) is 50.1 Å². The molecular weight excluding hydrogens is 308 g/mol. The molecule has 0 aliphatic carbocycles. The number of hydrogen-bond acceptors (Lipinski definition) is 4. The lowest BCUT2D eigenvalue weighted by atomic mass is 10.1. The lowest BCUT2D eigenvalue weighted by molar-refractivity contribution is 0.103. The molecule has 1 N–H and O–H groups in total. The Hall–Kier alpha value is -2.40. The topological polar surface area (TPSA) is 55.1 Å². The highest BCUT2D eigenvalue weighted by Gasteiger charge is 2.16. The van der Waals surface area contributed by atoms with Crippen LogP contribution in [0.25, 0.3) is 10.4 Å². The van der Waals surface area contributed by atoms with Crippen LogP contribution in [0, 0.1) is 13.8 Å². The lowest BCUT2D eigenvalue weighted by Crippen LogP contribution is -2.09. The third-order valence-corrected chi connectivity index (χ3v) is 4.83. The van der Waals surface area contributed by atoms with E-state index < -0.39 is 0 Å². The van der Waals surface area contributed by atoms with E-state index in [2.05, 4.69) is 17.4 Å². The van der Waals surface area contributed by atoms with Crippen LogP contribution in [0.3, 0.4) is 0 Å². The largest absolute Gasteiger partial charge is 0.361 e. The molecule has 0 aliphatic heterocycles. The van der Waals surface area contributed by atoms with Crippen molar-refractivity contribution in [1.29, 1.82) is 0 Å². The van der Waals surface area contributed by atoms with Crippen molar-refractivity contribution in [2.24, 2.45) is 0 Å². The van der Waals surface area contributed by atoms with E-state index in [9.17, 15) is 4.79 Å². The van der Waals surface area contributed by atoms with E-state index in [1.807, 2.05) is 50.2 Å². The fraction of sp³-hybridized carbons (Fsp3) is 0.222. The fourth-order valence-electron chi connectivity index (χ4n) is 2.45. The molecule has 0 unspecified atom stereocenters. The monoisotopic (exact) mass is 326 g/mol. The predicted octanol–water partition coefficient (Wildman–Crippen LogP) is 4.83. The van der Waals surface area contributed by atoms with Crippen LogP contribution in [0.1, 0.15) is 33.6 Å². The van der Waals surface area contributed by atoms with Crippen LogP contribution in [0.15, 0.2) is 40.9 Å². The van der Waals surface area contributed by atoms with Crippen molar-refractivity contribution >= 4 is 22.9 Å². The Morgan fingerprint density at radius 2 is 1.91 bits per heavy atom. The van der Waals surface area contributed by atoms with Crippen LogP contribution >= 0.6 is 11.3 Å². The summed E-state index contributed by atoms with van der Waals surface area (Å²) in [5, 5.41) is 6.89. The fourth-order valence-corrected chi connectivity index (χ4v) is 3.49. The smallest absolute Gasteiger partial charge is 0.265 e. The molecule has 1 amide bonds. The number of nitrogens with zero attached hydrogens (tertiary/aromatic N) is 1. The molecule has 2 aromatic heterocycles. The van der Waals surface area contributed by atoms with Gasteiger partial charge in [0.25, 0.3) is 5.91 Å². The highest BCUT2D eigenvalue weighted by molar-refractivity contribution is 7.17. The van der Waals surface area contributed by atoms with Gasteiger partial charge in [0.2, 0.25) is 0 Å². The number of benzene rings is 1. The molecule has 0 saturated carbocycles. The minimum atomic E-state index is -0.0998. The summed E-state index contributed by atoms with van der Waals surface area (Å²) in [4.78, 5) is 14.0. The molecule has 0 aliphatic rings. The van der Waals surface area contributed by atoms with Gasteiger partial charge < -0.3 is 9.84 Å². The van der Waals surface area contributed by atoms with E-state index in [1.165, 1.54) is 16.9 Å². The van der Waals surface area contributed by atoms with Crippen LogP contribution in [0.4, 0.5) is 5.69 Å². The number of carbonyl (C=O) groups excluding carboxylic acids is 1. The van der Waals surface area contributed by atoms with Crippen molar-refractivity contribution in [3.05, 3.63) is 58.3 Å². The van der Waals surface area contributed by atoms with Crippen LogP contribution in [0.5, 0.6) is 0 Å². The summed E-state index contributed by atoms with van der Waals surface area (Å²) in [6.45, 7) is 5.89. The van der Waals surface area contributed by atoms with Gasteiger partial charge >= 0.3 is 0 Å². The standard InChI is InChI=1S/C18H18N2O2S/c1-4-13-5-7-14(8-6-13)19-18(21)16-10-9-15(23-16)17-11(2)20-22-12(17)3/h5-10H,4H2,1-3H3,(H,19,21). The number of anilines is 1. The average Bonchev–Trinajstić information content (AvgIpc) is 3.15. The molecule has 1 aromatic carbocycles. The van der Waals surface area contributed by atoms with Gasteiger partial charge in [-0.2, -0.15) is 0 Å². The van der Waals surface area contributed by atoms with Gasteiger partial charge in [0.1, 0.15) is 5.76 Å². The molecule has 5 heteroatoms. The summed E-state index contributed by atoms with van der Waals surface area (Å²) < 4.78 is 5.19. The highest BCUT2D eigenvalue weighted by Crippen LogP contribution is 2.33. The van der Waals surface area contributed by atoms with Crippen molar-refractivity contribution in [3.63, 3.8) is 0 Å². The Kier molecular flexibility index (Phi) is 4.30. The summed E-state index contributed by atoms with van der Waals surface area (Å²) in [6, 6.07) is 11.7. The summed E-state index contributed by atoms with van der Waals surface area (Å²) >= 11 is 1.44. The van der Waals surface area contributed by atoms with E-state index >= 15 is 0 Å². The molecule has 4 nitrogen and oxygen atoms in total. The maximum absolute atomic E-state index is 12.4. The predicted molar refractivity (Wildman–Crippen MR) is 93.1 cm³/mol. The van der Waals surface area contributed by atoms with Crippen LogP contribution in [-0.4, -0.2) is 11.1 Å².